The number of nitrogens with one attached hydrogen (secondary N) is 1. The predicted octanol–water partition coefficient (Wildman–Crippen LogP) is 3.11. The lowest BCUT2D eigenvalue weighted by atomic mass is 10.1. The normalized spacial score (nSPS) is 11.7. The molecule has 0 aliphatic carbocycles. The molecule has 0 spiro atoms. The smallest absolute Gasteiger partial charge is 0.266 e. The van der Waals surface area contributed by atoms with Crippen LogP contribution in [0.5, 0.6) is 0 Å². The van der Waals surface area contributed by atoms with Gasteiger partial charge in [-0.2, -0.15) is 0 Å². The second-order valence-electron chi connectivity index (χ2n) is 7.08. The maximum atomic E-state index is 13.2. The SMILES string of the molecule is CS(=O)(=O)c1ccc(-c2cnc3[nH]cc(-c4nnc(-c5ccccn5)o4)c(=O)c3c2)cc1. The highest BCUT2D eigenvalue weighted by atomic mass is 32.2. The lowest BCUT2D eigenvalue weighted by Gasteiger charge is -2.05. The van der Waals surface area contributed by atoms with Gasteiger partial charge in [0.05, 0.1) is 10.3 Å². The van der Waals surface area contributed by atoms with Gasteiger partial charge in [0.25, 0.3) is 11.8 Å². The van der Waals surface area contributed by atoms with E-state index < -0.39 is 9.84 Å². The zero-order chi connectivity index (χ0) is 22.3. The van der Waals surface area contributed by atoms with Crippen molar-refractivity contribution in [3.63, 3.8) is 0 Å². The molecule has 4 heterocycles. The molecular formula is C22H15N5O4S. The van der Waals surface area contributed by atoms with Gasteiger partial charge in [-0.1, -0.05) is 18.2 Å². The van der Waals surface area contributed by atoms with E-state index in [0.717, 1.165) is 11.8 Å². The van der Waals surface area contributed by atoms with Gasteiger partial charge in [-0.05, 0) is 35.9 Å². The number of H-pyrrole nitrogens is 1. The van der Waals surface area contributed by atoms with E-state index in [2.05, 4.69) is 25.1 Å². The van der Waals surface area contributed by atoms with Crippen LogP contribution in [0.4, 0.5) is 0 Å². The first-order valence-corrected chi connectivity index (χ1v) is 11.4. The molecule has 158 valence electrons. The van der Waals surface area contributed by atoms with Gasteiger partial charge in [0.2, 0.25) is 5.43 Å². The number of hydrogen-bond donors (Lipinski definition) is 1. The maximum Gasteiger partial charge on any atom is 0.266 e. The van der Waals surface area contributed by atoms with Crippen LogP contribution >= 0.6 is 0 Å². The van der Waals surface area contributed by atoms with Gasteiger partial charge < -0.3 is 9.40 Å². The molecular weight excluding hydrogens is 430 g/mol. The number of aromatic amines is 1. The van der Waals surface area contributed by atoms with E-state index >= 15 is 0 Å². The summed E-state index contributed by atoms with van der Waals surface area (Å²) in [5.41, 5.74) is 2.19. The summed E-state index contributed by atoms with van der Waals surface area (Å²) in [6.45, 7) is 0. The molecule has 0 amide bonds. The Balaban J connectivity index is 1.57. The summed E-state index contributed by atoms with van der Waals surface area (Å²) in [4.78, 5) is 24.9. The molecule has 1 N–H and O–H groups in total. The average Bonchev–Trinajstić information content (AvgIpc) is 3.29. The van der Waals surface area contributed by atoms with Gasteiger partial charge in [0.1, 0.15) is 16.9 Å². The van der Waals surface area contributed by atoms with Crippen LogP contribution in [0.1, 0.15) is 0 Å². The zero-order valence-corrected chi connectivity index (χ0v) is 17.5. The molecule has 0 saturated heterocycles. The van der Waals surface area contributed by atoms with Crippen LogP contribution in [-0.4, -0.2) is 39.8 Å². The number of hydrogen-bond acceptors (Lipinski definition) is 8. The van der Waals surface area contributed by atoms with Crippen LogP contribution in [0, 0.1) is 0 Å². The van der Waals surface area contributed by atoms with Gasteiger partial charge in [-0.25, -0.2) is 13.4 Å². The minimum Gasteiger partial charge on any atom is -0.414 e. The second-order valence-corrected chi connectivity index (χ2v) is 9.09. The third kappa shape index (κ3) is 3.56. The zero-order valence-electron chi connectivity index (χ0n) is 16.7. The first-order chi connectivity index (χ1) is 15.4. The fourth-order valence-electron chi connectivity index (χ4n) is 3.24. The number of sulfone groups is 1. The number of pyridine rings is 3. The summed E-state index contributed by atoms with van der Waals surface area (Å²) in [5.74, 6) is 0.273. The Morgan fingerprint density at radius 2 is 1.72 bits per heavy atom. The Morgan fingerprint density at radius 1 is 0.938 bits per heavy atom. The molecule has 32 heavy (non-hydrogen) atoms. The van der Waals surface area contributed by atoms with Crippen LogP contribution in [0.3, 0.4) is 0 Å². The van der Waals surface area contributed by atoms with E-state index in [1.165, 1.54) is 18.3 Å². The van der Waals surface area contributed by atoms with Crippen molar-refractivity contribution in [3.05, 3.63) is 77.3 Å². The van der Waals surface area contributed by atoms with E-state index in [1.807, 2.05) is 0 Å². The third-order valence-corrected chi connectivity index (χ3v) is 6.01. The largest absolute Gasteiger partial charge is 0.414 e. The van der Waals surface area contributed by atoms with E-state index in [1.54, 1.807) is 48.8 Å². The summed E-state index contributed by atoms with van der Waals surface area (Å²) in [6, 6.07) is 13.4. The van der Waals surface area contributed by atoms with Crippen molar-refractivity contribution < 1.29 is 12.8 Å². The maximum absolute atomic E-state index is 13.2. The van der Waals surface area contributed by atoms with Crippen LogP contribution in [0.25, 0.3) is 45.2 Å². The lowest BCUT2D eigenvalue weighted by Crippen LogP contribution is -2.07. The van der Waals surface area contributed by atoms with Crippen molar-refractivity contribution >= 4 is 20.9 Å². The molecule has 0 saturated carbocycles. The Kier molecular flexibility index (Phi) is 4.63. The molecule has 10 heteroatoms. The fourth-order valence-corrected chi connectivity index (χ4v) is 3.87. The van der Waals surface area contributed by atoms with Gasteiger partial charge in [0.15, 0.2) is 9.84 Å². The van der Waals surface area contributed by atoms with Crippen molar-refractivity contribution in [3.8, 4) is 34.2 Å². The first-order valence-electron chi connectivity index (χ1n) is 9.47. The van der Waals surface area contributed by atoms with Crippen molar-refractivity contribution in [1.29, 1.82) is 0 Å². The highest BCUT2D eigenvalue weighted by Crippen LogP contribution is 2.25. The summed E-state index contributed by atoms with van der Waals surface area (Å²) < 4.78 is 29.0. The summed E-state index contributed by atoms with van der Waals surface area (Å²) >= 11 is 0. The summed E-state index contributed by atoms with van der Waals surface area (Å²) in [5, 5.41) is 8.31. The Labute approximate surface area is 181 Å². The number of aromatic nitrogens is 5. The minimum absolute atomic E-state index is 0.0664. The van der Waals surface area contributed by atoms with Crippen LogP contribution < -0.4 is 5.43 Å². The van der Waals surface area contributed by atoms with Crippen LogP contribution in [0.2, 0.25) is 0 Å². The lowest BCUT2D eigenvalue weighted by molar-refractivity contribution is 0.581. The molecule has 0 fully saturated rings. The first kappa shape index (κ1) is 19.8. The molecule has 0 aliphatic rings. The molecule has 1 aromatic carbocycles. The second kappa shape index (κ2) is 7.50. The molecule has 0 unspecified atom stereocenters. The van der Waals surface area contributed by atoms with Crippen molar-refractivity contribution in [2.24, 2.45) is 0 Å². The average molecular weight is 445 g/mol. The van der Waals surface area contributed by atoms with Crippen LogP contribution in [-0.2, 0) is 9.84 Å². The Morgan fingerprint density at radius 3 is 2.44 bits per heavy atom. The molecule has 5 rings (SSSR count). The van der Waals surface area contributed by atoms with E-state index in [9.17, 15) is 13.2 Å². The molecule has 0 aliphatic heterocycles. The summed E-state index contributed by atoms with van der Waals surface area (Å²) in [7, 11) is -3.30. The van der Waals surface area contributed by atoms with E-state index in [0.29, 0.717) is 22.3 Å². The third-order valence-electron chi connectivity index (χ3n) is 4.89. The van der Waals surface area contributed by atoms with Gasteiger partial charge in [-0.3, -0.25) is 9.78 Å². The Hall–Kier alpha value is -4.18. The number of fused-ring (bicyclic) bond motifs is 1. The molecule has 5 aromatic rings. The van der Waals surface area contributed by atoms with Gasteiger partial charge in [0, 0.05) is 30.4 Å². The van der Waals surface area contributed by atoms with Crippen molar-refractivity contribution in [1.82, 2.24) is 25.1 Å². The van der Waals surface area contributed by atoms with E-state index in [4.69, 9.17) is 4.42 Å². The number of benzene rings is 1. The predicted molar refractivity (Wildman–Crippen MR) is 117 cm³/mol. The molecule has 4 aromatic heterocycles. The molecule has 9 nitrogen and oxygen atoms in total. The minimum atomic E-state index is -3.30. The molecule has 0 radical (unpaired) electrons. The highest BCUT2D eigenvalue weighted by Gasteiger charge is 2.17. The fraction of sp³-hybridized carbons (Fsp3) is 0.0455. The number of nitrogens with zero attached hydrogens (tertiary/aromatic N) is 4. The molecule has 0 atom stereocenters. The summed E-state index contributed by atoms with van der Waals surface area (Å²) in [6.07, 6.45) is 5.85. The van der Waals surface area contributed by atoms with Crippen molar-refractivity contribution in [2.75, 3.05) is 6.26 Å². The topological polar surface area (TPSA) is 132 Å². The van der Waals surface area contributed by atoms with Gasteiger partial charge in [-0.15, -0.1) is 10.2 Å². The monoisotopic (exact) mass is 445 g/mol. The van der Waals surface area contributed by atoms with Gasteiger partial charge >= 0.3 is 0 Å². The molecule has 0 bridgehead atoms. The van der Waals surface area contributed by atoms with E-state index in [-0.39, 0.29) is 27.7 Å². The highest BCUT2D eigenvalue weighted by molar-refractivity contribution is 7.90. The standard InChI is InChI=1S/C22H15N5O4S/c1-32(29,30)15-7-5-13(6-8-15)14-10-16-19(28)17(12-25-20(16)24-11-14)21-26-27-22(31-21)18-4-2-3-9-23-18/h2-12H,1H3,(H,24,25,28). The van der Waals surface area contributed by atoms with Crippen molar-refractivity contribution in [2.45, 2.75) is 4.90 Å². The van der Waals surface area contributed by atoms with Crippen LogP contribution in [0.15, 0.2) is 81.2 Å². The number of rotatable bonds is 4. The Bertz CT molecular complexity index is 1610. The quantitative estimate of drug-likeness (QED) is 0.446.